The van der Waals surface area contributed by atoms with Crippen molar-refractivity contribution in [1.29, 1.82) is 0 Å². The van der Waals surface area contributed by atoms with Gasteiger partial charge in [0.1, 0.15) is 0 Å². The van der Waals surface area contributed by atoms with Crippen molar-refractivity contribution in [3.05, 3.63) is 24.3 Å². The number of nitrogens with zero attached hydrogens (tertiary/aromatic N) is 2. The molecular weight excluding hydrogens is 334 g/mol. The highest BCUT2D eigenvalue weighted by molar-refractivity contribution is 8.93. The zero-order valence-electron chi connectivity index (χ0n) is 12.6. The smallest absolute Gasteiger partial charge is 0.204 e. The van der Waals surface area contributed by atoms with E-state index in [-0.39, 0.29) is 41.3 Å². The number of imidazole rings is 1. The average Bonchev–Trinajstić information content (AvgIpc) is 2.73. The third-order valence-electron chi connectivity index (χ3n) is 3.19. The van der Waals surface area contributed by atoms with Gasteiger partial charge in [0.15, 0.2) is 5.78 Å². The van der Waals surface area contributed by atoms with Gasteiger partial charge in [-0.15, -0.1) is 17.0 Å². The van der Waals surface area contributed by atoms with Gasteiger partial charge in [-0.05, 0) is 12.1 Å². The number of aliphatic hydroxyl groups excluding tert-OH is 1. The van der Waals surface area contributed by atoms with E-state index in [4.69, 9.17) is 5.11 Å². The summed E-state index contributed by atoms with van der Waals surface area (Å²) in [5.41, 5.74) is 1.37. The van der Waals surface area contributed by atoms with E-state index in [9.17, 15) is 4.79 Å². The lowest BCUT2D eigenvalue weighted by Crippen LogP contribution is -2.26. The van der Waals surface area contributed by atoms with Crippen LogP contribution in [0, 0.1) is 5.41 Å². The summed E-state index contributed by atoms with van der Waals surface area (Å²) in [6, 6.07) is 7.71. The summed E-state index contributed by atoms with van der Waals surface area (Å²) in [6.45, 7) is 6.45. The minimum absolute atomic E-state index is 0. The van der Waals surface area contributed by atoms with E-state index in [1.807, 2.05) is 49.6 Å². The Morgan fingerprint density at radius 2 is 2.00 bits per heavy atom. The number of carbonyl (C=O) groups is 1. The van der Waals surface area contributed by atoms with Crippen molar-refractivity contribution in [3.63, 3.8) is 0 Å². The molecule has 21 heavy (non-hydrogen) atoms. The number of aromatic nitrogens is 2. The summed E-state index contributed by atoms with van der Waals surface area (Å²) in [6.07, 6.45) is 0. The molecule has 116 valence electrons. The summed E-state index contributed by atoms with van der Waals surface area (Å²) in [5.74, 6) is 0.769. The fraction of sp³-hybridized carbons (Fsp3) is 0.467. The summed E-state index contributed by atoms with van der Waals surface area (Å²) >= 11 is 0. The Bertz CT molecular complexity index is 617. The van der Waals surface area contributed by atoms with E-state index in [0.717, 1.165) is 11.0 Å². The quantitative estimate of drug-likeness (QED) is 0.864. The van der Waals surface area contributed by atoms with E-state index in [2.05, 4.69) is 10.3 Å². The van der Waals surface area contributed by atoms with Gasteiger partial charge in [0.2, 0.25) is 5.95 Å². The molecule has 0 spiro atoms. The highest BCUT2D eigenvalue weighted by atomic mass is 79.9. The van der Waals surface area contributed by atoms with Crippen LogP contribution in [-0.4, -0.2) is 33.6 Å². The number of hydrogen-bond acceptors (Lipinski definition) is 4. The number of nitrogens with one attached hydrogen (secondary N) is 1. The molecule has 1 aromatic carbocycles. The molecule has 2 N–H and O–H groups in total. The van der Waals surface area contributed by atoms with Crippen LogP contribution in [0.3, 0.4) is 0 Å². The van der Waals surface area contributed by atoms with Crippen LogP contribution < -0.4 is 5.32 Å². The van der Waals surface area contributed by atoms with Crippen LogP contribution in [0.2, 0.25) is 0 Å². The van der Waals surface area contributed by atoms with E-state index in [1.54, 1.807) is 0 Å². The number of anilines is 1. The van der Waals surface area contributed by atoms with Gasteiger partial charge in [-0.1, -0.05) is 32.9 Å². The first-order valence-corrected chi connectivity index (χ1v) is 6.77. The largest absolute Gasteiger partial charge is 0.395 e. The SMILES string of the molecule is Br.CC(C)(C)C(=O)Cn1c(NCCO)nc2ccccc21. The predicted molar refractivity (Wildman–Crippen MR) is 90.1 cm³/mol. The second-order valence-corrected chi connectivity index (χ2v) is 5.83. The molecular formula is C15H22BrN3O2. The van der Waals surface area contributed by atoms with Crippen LogP contribution in [0.15, 0.2) is 24.3 Å². The number of Topliss-reactive ketones (excluding diaryl/α,β-unsaturated/α-hetero) is 1. The second kappa shape index (κ2) is 7.04. The number of carbonyl (C=O) groups excluding carboxylic acids is 1. The maximum atomic E-state index is 12.3. The normalized spacial score (nSPS) is 11.2. The molecule has 0 bridgehead atoms. The van der Waals surface area contributed by atoms with Crippen molar-refractivity contribution >= 4 is 39.7 Å². The van der Waals surface area contributed by atoms with Crippen LogP contribution in [-0.2, 0) is 11.3 Å². The Balaban J connectivity index is 0.00000220. The Labute approximate surface area is 135 Å². The molecule has 0 fully saturated rings. The highest BCUT2D eigenvalue weighted by Gasteiger charge is 2.23. The molecule has 0 aliphatic rings. The van der Waals surface area contributed by atoms with Crippen LogP contribution >= 0.6 is 17.0 Å². The third-order valence-corrected chi connectivity index (χ3v) is 3.19. The van der Waals surface area contributed by atoms with Crippen molar-refractivity contribution in [2.24, 2.45) is 5.41 Å². The Morgan fingerprint density at radius 3 is 2.62 bits per heavy atom. The maximum Gasteiger partial charge on any atom is 0.204 e. The molecule has 2 rings (SSSR count). The minimum Gasteiger partial charge on any atom is -0.395 e. The molecule has 0 saturated heterocycles. The van der Waals surface area contributed by atoms with Gasteiger partial charge in [0, 0.05) is 12.0 Å². The molecule has 0 radical (unpaired) electrons. The summed E-state index contributed by atoms with van der Waals surface area (Å²) in [4.78, 5) is 16.7. The van der Waals surface area contributed by atoms with E-state index >= 15 is 0 Å². The molecule has 1 heterocycles. The van der Waals surface area contributed by atoms with Crippen molar-refractivity contribution in [1.82, 2.24) is 9.55 Å². The van der Waals surface area contributed by atoms with E-state index < -0.39 is 0 Å². The molecule has 0 saturated carbocycles. The Morgan fingerprint density at radius 1 is 1.33 bits per heavy atom. The van der Waals surface area contributed by atoms with Gasteiger partial charge in [-0.2, -0.15) is 0 Å². The number of hydrogen-bond donors (Lipinski definition) is 2. The van der Waals surface area contributed by atoms with Gasteiger partial charge >= 0.3 is 0 Å². The summed E-state index contributed by atoms with van der Waals surface area (Å²) < 4.78 is 1.87. The molecule has 2 aromatic rings. The molecule has 1 aromatic heterocycles. The minimum atomic E-state index is -0.389. The van der Waals surface area contributed by atoms with Crippen molar-refractivity contribution in [2.75, 3.05) is 18.5 Å². The second-order valence-electron chi connectivity index (χ2n) is 5.83. The Hall–Kier alpha value is -1.40. The first-order valence-electron chi connectivity index (χ1n) is 6.77. The van der Waals surface area contributed by atoms with Gasteiger partial charge in [-0.25, -0.2) is 4.98 Å². The molecule has 0 amide bonds. The van der Waals surface area contributed by atoms with E-state index in [1.165, 1.54) is 0 Å². The van der Waals surface area contributed by atoms with Crippen LogP contribution in [0.25, 0.3) is 11.0 Å². The number of ketones is 1. The van der Waals surface area contributed by atoms with Crippen LogP contribution in [0.4, 0.5) is 5.95 Å². The molecule has 0 aliphatic heterocycles. The van der Waals surface area contributed by atoms with Crippen molar-refractivity contribution in [2.45, 2.75) is 27.3 Å². The van der Waals surface area contributed by atoms with E-state index in [0.29, 0.717) is 12.5 Å². The lowest BCUT2D eigenvalue weighted by molar-refractivity contribution is -0.126. The standard InChI is InChI=1S/C15H21N3O2.BrH/c1-15(2,3)13(20)10-18-12-7-5-4-6-11(12)17-14(18)16-8-9-19;/h4-7,19H,8-10H2,1-3H3,(H,16,17);1H. The first-order chi connectivity index (χ1) is 9.43. The first kappa shape index (κ1) is 17.7. The third kappa shape index (κ3) is 4.04. The highest BCUT2D eigenvalue weighted by Crippen LogP contribution is 2.22. The van der Waals surface area contributed by atoms with Crippen LogP contribution in [0.1, 0.15) is 20.8 Å². The number of fused-ring (bicyclic) bond motifs is 1. The number of para-hydroxylation sites is 2. The number of rotatable bonds is 5. The Kier molecular flexibility index (Phi) is 5.92. The fourth-order valence-electron chi connectivity index (χ4n) is 1.92. The fourth-order valence-corrected chi connectivity index (χ4v) is 1.92. The predicted octanol–water partition coefficient (Wildman–Crippen LogP) is 2.63. The van der Waals surface area contributed by atoms with Crippen molar-refractivity contribution in [3.8, 4) is 0 Å². The summed E-state index contributed by atoms with van der Waals surface area (Å²) in [5, 5.41) is 12.0. The zero-order valence-corrected chi connectivity index (χ0v) is 14.3. The molecule has 0 unspecified atom stereocenters. The number of aliphatic hydroxyl groups is 1. The average molecular weight is 356 g/mol. The maximum absolute atomic E-state index is 12.3. The molecule has 0 aliphatic carbocycles. The molecule has 5 nitrogen and oxygen atoms in total. The molecule has 6 heteroatoms. The zero-order chi connectivity index (χ0) is 14.8. The van der Waals surface area contributed by atoms with Gasteiger partial charge in [0.05, 0.1) is 24.2 Å². The van der Waals surface area contributed by atoms with Crippen LogP contribution in [0.5, 0.6) is 0 Å². The monoisotopic (exact) mass is 355 g/mol. The van der Waals surface area contributed by atoms with Gasteiger partial charge < -0.3 is 15.0 Å². The van der Waals surface area contributed by atoms with Gasteiger partial charge in [-0.3, -0.25) is 4.79 Å². The molecule has 0 atom stereocenters. The lowest BCUT2D eigenvalue weighted by Gasteiger charge is -2.18. The number of halogens is 1. The summed E-state index contributed by atoms with van der Waals surface area (Å²) in [7, 11) is 0. The van der Waals surface area contributed by atoms with Gasteiger partial charge in [0.25, 0.3) is 0 Å². The topological polar surface area (TPSA) is 67.2 Å². The number of benzene rings is 1. The lowest BCUT2D eigenvalue weighted by atomic mass is 9.91. The van der Waals surface area contributed by atoms with Crippen molar-refractivity contribution < 1.29 is 9.90 Å².